The monoisotopic (exact) mass is 240 g/mol. The molecule has 0 aromatic heterocycles. The lowest BCUT2D eigenvalue weighted by Gasteiger charge is -2.18. The van der Waals surface area contributed by atoms with E-state index in [-0.39, 0.29) is 17.6 Å². The minimum atomic E-state index is 0.00273. The van der Waals surface area contributed by atoms with Gasteiger partial charge in [-0.3, -0.25) is 4.79 Å². The molecule has 1 saturated heterocycles. The first-order valence-electron chi connectivity index (χ1n) is 5.10. The van der Waals surface area contributed by atoms with Crippen molar-refractivity contribution < 1.29 is 9.90 Å². The molecule has 1 amide bonds. The van der Waals surface area contributed by atoms with Crippen LogP contribution in [0, 0.1) is 5.92 Å². The average molecular weight is 241 g/mol. The number of aromatic hydroxyl groups is 1. The highest BCUT2D eigenvalue weighted by molar-refractivity contribution is 6.34. The van der Waals surface area contributed by atoms with Gasteiger partial charge in [0.15, 0.2) is 0 Å². The maximum absolute atomic E-state index is 11.7. The highest BCUT2D eigenvalue weighted by atomic mass is 35.5. The Kier molecular flexibility index (Phi) is 3.03. The van der Waals surface area contributed by atoms with E-state index in [2.05, 4.69) is 0 Å². The first-order valence-corrected chi connectivity index (χ1v) is 5.48. The number of nitrogens with zero attached hydrogens (tertiary/aromatic N) is 1. The standard InChI is InChI=1S/C11H13ClN2O2/c12-9-2-1-8(15)4-10(9)14-6-7(5-13)3-11(14)16/h1-2,4,7,15H,3,5-6,13H2. The second kappa shape index (κ2) is 4.31. The lowest BCUT2D eigenvalue weighted by molar-refractivity contribution is -0.117. The number of halogens is 1. The van der Waals surface area contributed by atoms with Crippen molar-refractivity contribution in [3.05, 3.63) is 23.2 Å². The molecule has 1 fully saturated rings. The maximum Gasteiger partial charge on any atom is 0.227 e. The second-order valence-corrected chi connectivity index (χ2v) is 4.35. The van der Waals surface area contributed by atoms with Crippen LogP contribution in [0.15, 0.2) is 18.2 Å². The van der Waals surface area contributed by atoms with E-state index in [4.69, 9.17) is 17.3 Å². The van der Waals surface area contributed by atoms with E-state index in [9.17, 15) is 9.90 Å². The zero-order valence-corrected chi connectivity index (χ0v) is 9.44. The Morgan fingerprint density at radius 3 is 2.94 bits per heavy atom. The van der Waals surface area contributed by atoms with Crippen molar-refractivity contribution in [2.24, 2.45) is 11.7 Å². The molecule has 3 N–H and O–H groups in total. The summed E-state index contributed by atoms with van der Waals surface area (Å²) in [5.74, 6) is 0.275. The molecule has 4 nitrogen and oxygen atoms in total. The molecule has 0 aliphatic carbocycles. The Bertz CT molecular complexity index is 422. The van der Waals surface area contributed by atoms with Gasteiger partial charge in [0.1, 0.15) is 5.75 Å². The number of amides is 1. The Morgan fingerprint density at radius 1 is 1.56 bits per heavy atom. The molecule has 1 aliphatic heterocycles. The summed E-state index contributed by atoms with van der Waals surface area (Å²) >= 11 is 6.00. The maximum atomic E-state index is 11.7. The third kappa shape index (κ3) is 1.99. The van der Waals surface area contributed by atoms with E-state index in [1.807, 2.05) is 0 Å². The number of anilines is 1. The smallest absolute Gasteiger partial charge is 0.227 e. The highest BCUT2D eigenvalue weighted by Crippen LogP contribution is 2.33. The molecular weight excluding hydrogens is 228 g/mol. The molecule has 0 saturated carbocycles. The molecule has 2 rings (SSSR count). The Labute approximate surface area is 98.6 Å². The predicted molar refractivity (Wildman–Crippen MR) is 62.6 cm³/mol. The molecule has 0 radical (unpaired) electrons. The molecule has 1 atom stereocenters. The van der Waals surface area contributed by atoms with Gasteiger partial charge in [0.2, 0.25) is 5.91 Å². The fraction of sp³-hybridized carbons (Fsp3) is 0.364. The van der Waals surface area contributed by atoms with Crippen molar-refractivity contribution in [3.63, 3.8) is 0 Å². The van der Waals surface area contributed by atoms with E-state index < -0.39 is 0 Å². The lowest BCUT2D eigenvalue weighted by atomic mass is 10.1. The van der Waals surface area contributed by atoms with Gasteiger partial charge in [-0.15, -0.1) is 0 Å². The molecule has 1 aromatic rings. The summed E-state index contributed by atoms with van der Waals surface area (Å²) in [4.78, 5) is 13.3. The van der Waals surface area contributed by atoms with E-state index in [1.54, 1.807) is 11.0 Å². The molecule has 0 spiro atoms. The van der Waals surface area contributed by atoms with Crippen LogP contribution in [-0.4, -0.2) is 24.1 Å². The van der Waals surface area contributed by atoms with E-state index in [0.29, 0.717) is 30.2 Å². The largest absolute Gasteiger partial charge is 0.508 e. The predicted octanol–water partition coefficient (Wildman–Crippen LogP) is 1.36. The molecular formula is C11H13ClN2O2. The van der Waals surface area contributed by atoms with Crippen molar-refractivity contribution in [2.75, 3.05) is 18.0 Å². The van der Waals surface area contributed by atoms with Crippen LogP contribution >= 0.6 is 11.6 Å². The SMILES string of the molecule is NCC1CC(=O)N(c2cc(O)ccc2Cl)C1. The third-order valence-corrected chi connectivity index (χ3v) is 3.08. The molecule has 1 aromatic carbocycles. The molecule has 0 bridgehead atoms. The number of phenolic OH excluding ortho intramolecular Hbond substituents is 1. The van der Waals surface area contributed by atoms with Gasteiger partial charge >= 0.3 is 0 Å². The van der Waals surface area contributed by atoms with Gasteiger partial charge in [0.25, 0.3) is 0 Å². The third-order valence-electron chi connectivity index (χ3n) is 2.76. The first kappa shape index (κ1) is 11.2. The number of benzene rings is 1. The summed E-state index contributed by atoms with van der Waals surface area (Å²) in [6.07, 6.45) is 0.447. The van der Waals surface area contributed by atoms with Crippen molar-refractivity contribution >= 4 is 23.2 Å². The van der Waals surface area contributed by atoms with E-state index in [0.717, 1.165) is 0 Å². The fourth-order valence-corrected chi connectivity index (χ4v) is 2.10. The fourth-order valence-electron chi connectivity index (χ4n) is 1.88. The molecule has 1 heterocycles. The van der Waals surface area contributed by atoms with Crippen molar-refractivity contribution in [1.29, 1.82) is 0 Å². The quantitative estimate of drug-likeness (QED) is 0.820. The summed E-state index contributed by atoms with van der Waals surface area (Å²) in [6, 6.07) is 4.57. The van der Waals surface area contributed by atoms with Crippen LogP contribution in [0.1, 0.15) is 6.42 Å². The topological polar surface area (TPSA) is 66.6 Å². The minimum absolute atomic E-state index is 0.00273. The van der Waals surface area contributed by atoms with Crippen LogP contribution in [0.2, 0.25) is 5.02 Å². The summed E-state index contributed by atoms with van der Waals surface area (Å²) in [7, 11) is 0. The van der Waals surface area contributed by atoms with Crippen LogP contribution in [0.5, 0.6) is 5.75 Å². The van der Waals surface area contributed by atoms with Crippen LogP contribution in [0.3, 0.4) is 0 Å². The number of carbonyl (C=O) groups is 1. The number of nitrogens with two attached hydrogens (primary N) is 1. The number of hydrogen-bond donors (Lipinski definition) is 2. The first-order chi connectivity index (χ1) is 7.61. The Hall–Kier alpha value is -1.26. The van der Waals surface area contributed by atoms with Gasteiger partial charge in [0.05, 0.1) is 10.7 Å². The van der Waals surface area contributed by atoms with Crippen LogP contribution in [0.25, 0.3) is 0 Å². The summed E-state index contributed by atoms with van der Waals surface area (Å²) in [5.41, 5.74) is 6.10. The second-order valence-electron chi connectivity index (χ2n) is 3.95. The molecule has 1 unspecified atom stereocenters. The number of phenols is 1. The van der Waals surface area contributed by atoms with Gasteiger partial charge in [-0.2, -0.15) is 0 Å². The Balaban J connectivity index is 2.30. The summed E-state index contributed by atoms with van der Waals surface area (Å²) < 4.78 is 0. The number of carbonyl (C=O) groups excluding carboxylic acids is 1. The minimum Gasteiger partial charge on any atom is -0.508 e. The van der Waals surface area contributed by atoms with Crippen molar-refractivity contribution in [1.82, 2.24) is 0 Å². The van der Waals surface area contributed by atoms with Crippen molar-refractivity contribution in [2.45, 2.75) is 6.42 Å². The Morgan fingerprint density at radius 2 is 2.31 bits per heavy atom. The lowest BCUT2D eigenvalue weighted by Crippen LogP contribution is -2.25. The van der Waals surface area contributed by atoms with Crippen LogP contribution < -0.4 is 10.6 Å². The van der Waals surface area contributed by atoms with E-state index in [1.165, 1.54) is 12.1 Å². The summed E-state index contributed by atoms with van der Waals surface area (Å²) in [6.45, 7) is 1.05. The molecule has 5 heteroatoms. The zero-order chi connectivity index (χ0) is 11.7. The van der Waals surface area contributed by atoms with Gasteiger partial charge in [-0.1, -0.05) is 11.6 Å². The van der Waals surface area contributed by atoms with Crippen LogP contribution in [-0.2, 0) is 4.79 Å². The van der Waals surface area contributed by atoms with Gasteiger partial charge in [-0.25, -0.2) is 0 Å². The average Bonchev–Trinajstić information content (AvgIpc) is 2.63. The molecule has 16 heavy (non-hydrogen) atoms. The van der Waals surface area contributed by atoms with Gasteiger partial charge in [-0.05, 0) is 24.6 Å². The highest BCUT2D eigenvalue weighted by Gasteiger charge is 2.30. The van der Waals surface area contributed by atoms with Gasteiger partial charge in [0, 0.05) is 19.0 Å². The summed E-state index contributed by atoms with van der Waals surface area (Å²) in [5, 5.41) is 9.85. The van der Waals surface area contributed by atoms with Gasteiger partial charge < -0.3 is 15.7 Å². The molecule has 1 aliphatic rings. The van der Waals surface area contributed by atoms with E-state index >= 15 is 0 Å². The molecule has 86 valence electrons. The normalized spacial score (nSPS) is 20.5. The number of hydrogen-bond acceptors (Lipinski definition) is 3. The van der Waals surface area contributed by atoms with Crippen LogP contribution in [0.4, 0.5) is 5.69 Å². The number of rotatable bonds is 2. The van der Waals surface area contributed by atoms with Crippen molar-refractivity contribution in [3.8, 4) is 5.75 Å². The zero-order valence-electron chi connectivity index (χ0n) is 8.69.